The number of benzene rings is 2. The summed E-state index contributed by atoms with van der Waals surface area (Å²) >= 11 is 1.61. The van der Waals surface area contributed by atoms with Crippen molar-refractivity contribution < 1.29 is 67.7 Å². The number of phenolic OH excluding ortho intramolecular Hbond substituents is 1. The van der Waals surface area contributed by atoms with E-state index in [1.165, 1.54) is 41.7 Å². The number of halogens is 1. The van der Waals surface area contributed by atoms with Crippen molar-refractivity contribution in [1.82, 2.24) is 41.1 Å². The van der Waals surface area contributed by atoms with Gasteiger partial charge in [0.1, 0.15) is 12.4 Å². The lowest BCUT2D eigenvalue weighted by atomic mass is 9.88. The molecule has 0 bridgehead atoms. The van der Waals surface area contributed by atoms with Gasteiger partial charge in [-0.3, -0.25) is 57.7 Å². The first-order chi connectivity index (χ1) is 43.5. The van der Waals surface area contributed by atoms with Crippen LogP contribution in [0.1, 0.15) is 114 Å². The molecular formula is C62H81IN14O14. The van der Waals surface area contributed by atoms with Gasteiger partial charge in [0.25, 0.3) is 0 Å². The van der Waals surface area contributed by atoms with Gasteiger partial charge in [0.05, 0.1) is 48.9 Å². The Morgan fingerprint density at radius 3 is 2.08 bits per heavy atom. The zero-order valence-corrected chi connectivity index (χ0v) is 53.1. The van der Waals surface area contributed by atoms with Crippen LogP contribution >= 0.6 is 22.6 Å². The number of hydrogen-bond donors (Lipinski definition) is 10. The maximum absolute atomic E-state index is 14.9. The number of phenols is 1. The van der Waals surface area contributed by atoms with Crippen LogP contribution in [0.5, 0.6) is 5.75 Å². The number of carbonyl (C=O) groups is 11. The maximum Gasteiger partial charge on any atom is 0.248 e. The molecule has 2 saturated heterocycles. The Labute approximate surface area is 539 Å². The lowest BCUT2D eigenvalue weighted by Gasteiger charge is -2.29. The SMILES string of the molecule is CC(C)C[C@H](NC(=O)C(CCCN=[N+]=[N-])CC(=O)[C@H](Cc1ccc(O)cc1)NC(=O)[C@H](CO)CC(=O)[C@H](Cc1c[nH]c2ccccc12)NC(=O)[C@@H](CC(=O)[C@H]1NC(=O)CO1)Cc1cnc[nH]1)C(=O)C[C@@H](CCCN=C(N)N)C(=O)N1CCC[C@H]1C(=O)CCC(=O)I. The minimum atomic E-state index is -1.52. The quantitative estimate of drug-likeness (QED) is 0.00446. The number of aromatic amines is 2. The number of hydrogen-bond acceptors (Lipinski definition) is 17. The summed E-state index contributed by atoms with van der Waals surface area (Å²) in [7, 11) is 0. The highest BCUT2D eigenvalue weighted by Crippen LogP contribution is 2.28. The van der Waals surface area contributed by atoms with E-state index >= 15 is 0 Å². The smallest absolute Gasteiger partial charge is 0.248 e. The molecule has 490 valence electrons. The van der Waals surface area contributed by atoms with Crippen molar-refractivity contribution in [3.63, 3.8) is 0 Å². The summed E-state index contributed by atoms with van der Waals surface area (Å²) in [5, 5.41) is 36.1. The molecule has 4 heterocycles. The fourth-order valence-electron chi connectivity index (χ4n) is 11.3. The third-order valence-corrected chi connectivity index (χ3v) is 16.7. The molecule has 2 aliphatic heterocycles. The first kappa shape index (κ1) is 71.7. The van der Waals surface area contributed by atoms with Crippen LogP contribution in [0.2, 0.25) is 0 Å². The van der Waals surface area contributed by atoms with Gasteiger partial charge in [0.15, 0.2) is 44.9 Å². The molecule has 2 aliphatic rings. The highest BCUT2D eigenvalue weighted by Gasteiger charge is 2.40. The molecule has 2 aromatic heterocycles. The molecule has 1 unspecified atom stereocenters. The topological polar surface area (TPSA) is 446 Å². The number of likely N-dealkylation sites (tertiary alicyclic amines) is 1. The number of nitrogens with zero attached hydrogens (tertiary/aromatic N) is 6. The zero-order chi connectivity index (χ0) is 66.1. The van der Waals surface area contributed by atoms with E-state index in [-0.39, 0.29) is 124 Å². The number of aromatic hydroxyl groups is 1. The molecule has 2 fully saturated rings. The standard InChI is InChI=1S/C62H81IN14O14/c1-35(2)22-46(52(82)27-38(9-5-19-68-62(64)65)61(90)77-21-7-12-49(77)50(80)17-18-55(63)85)72-57(87)37(8-6-20-71-76-66)26-51(81)47(23-36-13-15-43(79)16-14-36)73-59(89)41(32-78)29-53(83)48(25-40-30-69-45-11-4-3-10-44(40)45)74-58(88)39(24-42-31-67-34-70-42)28-54(84)60-75-56(86)33-91-60/h3-4,10-11,13-16,30-31,34-35,37-39,41,46-49,60,69,78-79H,5-9,12,17-29,32-33H2,1-2H3,(H,67,70)(H,72,87)(H,73,89)(H,74,88)(H,75,86)(H4,64,65,68)/t37?,38-,39-,41+,46+,47+,48+,49+,60+/m1/s1. The molecule has 5 amide bonds. The minimum absolute atomic E-state index is 0.0115. The fraction of sp³-hybridized carbons (Fsp3) is 0.532. The number of nitrogens with two attached hydrogens (primary N) is 2. The minimum Gasteiger partial charge on any atom is -0.508 e. The van der Waals surface area contributed by atoms with Gasteiger partial charge < -0.3 is 62.6 Å². The van der Waals surface area contributed by atoms with Crippen molar-refractivity contribution in [3.8, 4) is 5.75 Å². The highest BCUT2D eigenvalue weighted by molar-refractivity contribution is 14.1. The summed E-state index contributed by atoms with van der Waals surface area (Å²) in [6.45, 7) is 2.73. The van der Waals surface area contributed by atoms with Gasteiger partial charge in [0.2, 0.25) is 29.5 Å². The normalized spacial score (nSPS) is 16.9. The highest BCUT2D eigenvalue weighted by atomic mass is 127. The molecule has 2 aromatic carbocycles. The van der Waals surface area contributed by atoms with E-state index in [2.05, 4.69) is 51.2 Å². The van der Waals surface area contributed by atoms with Gasteiger partial charge in [-0.15, -0.1) is 0 Å². The van der Waals surface area contributed by atoms with Crippen molar-refractivity contribution >= 4 is 102 Å². The Balaban J connectivity index is 1.24. The number of fused-ring (bicyclic) bond motifs is 1. The van der Waals surface area contributed by atoms with Gasteiger partial charge in [0, 0.05) is 117 Å². The lowest BCUT2D eigenvalue weighted by Crippen LogP contribution is -2.50. The number of carbonyl (C=O) groups excluding carboxylic acids is 11. The number of ether oxygens (including phenoxy) is 1. The van der Waals surface area contributed by atoms with E-state index in [0.29, 0.717) is 29.7 Å². The molecule has 4 aromatic rings. The monoisotopic (exact) mass is 1370 g/mol. The Morgan fingerprint density at radius 2 is 1.43 bits per heavy atom. The van der Waals surface area contributed by atoms with Crippen molar-refractivity contribution in [2.75, 3.05) is 32.8 Å². The van der Waals surface area contributed by atoms with Crippen molar-refractivity contribution in [2.24, 2.45) is 51.2 Å². The number of aliphatic imine (C=N–C) groups is 1. The summed E-state index contributed by atoms with van der Waals surface area (Å²) in [5.74, 6) is -11.4. The van der Waals surface area contributed by atoms with E-state index in [1.807, 2.05) is 26.0 Å². The first-order valence-corrected chi connectivity index (χ1v) is 31.5. The van der Waals surface area contributed by atoms with Crippen LogP contribution < -0.4 is 32.7 Å². The molecule has 0 spiro atoms. The van der Waals surface area contributed by atoms with Gasteiger partial charge in [-0.1, -0.05) is 49.3 Å². The van der Waals surface area contributed by atoms with E-state index in [0.717, 1.165) is 10.9 Å². The number of Topliss-reactive ketones (excluding diaryl/α,β-unsaturated/α-hetero) is 5. The maximum atomic E-state index is 14.9. The van der Waals surface area contributed by atoms with Crippen LogP contribution in [0.4, 0.5) is 0 Å². The third kappa shape index (κ3) is 22.5. The number of imidazole rings is 1. The second-order valence-corrected chi connectivity index (χ2v) is 24.7. The van der Waals surface area contributed by atoms with Gasteiger partial charge >= 0.3 is 0 Å². The Morgan fingerprint density at radius 1 is 0.791 bits per heavy atom. The lowest BCUT2D eigenvalue weighted by molar-refractivity contribution is -0.143. The average Bonchev–Trinajstić information content (AvgIpc) is 2.11. The number of aromatic nitrogens is 3. The number of ketones is 5. The predicted octanol–water partition coefficient (Wildman–Crippen LogP) is 3.34. The number of guanidine groups is 1. The van der Waals surface area contributed by atoms with Crippen molar-refractivity contribution in [1.29, 1.82) is 0 Å². The Kier molecular flexibility index (Phi) is 28.2. The third-order valence-electron chi connectivity index (χ3n) is 16.1. The number of aliphatic hydroxyl groups excluding tert-OH is 1. The van der Waals surface area contributed by atoms with Crippen LogP contribution in [0.3, 0.4) is 0 Å². The van der Waals surface area contributed by atoms with E-state index in [4.69, 9.17) is 21.7 Å². The number of nitrogens with one attached hydrogen (secondary N) is 6. The molecule has 91 heavy (non-hydrogen) atoms. The largest absolute Gasteiger partial charge is 0.508 e. The molecular weight excluding hydrogens is 1290 g/mol. The molecule has 0 aliphatic carbocycles. The molecule has 0 radical (unpaired) electrons. The van der Waals surface area contributed by atoms with Gasteiger partial charge in [-0.25, -0.2) is 4.98 Å². The molecule has 9 atom stereocenters. The zero-order valence-electron chi connectivity index (χ0n) is 51.0. The summed E-state index contributed by atoms with van der Waals surface area (Å²) < 4.78 is 5.09. The number of rotatable bonds is 40. The van der Waals surface area contributed by atoms with Crippen LogP contribution in [0.15, 0.2) is 77.4 Å². The second kappa shape index (κ2) is 35.8. The second-order valence-electron chi connectivity index (χ2n) is 23.5. The van der Waals surface area contributed by atoms with Crippen LogP contribution in [-0.2, 0) is 76.7 Å². The predicted molar refractivity (Wildman–Crippen MR) is 340 cm³/mol. The molecule has 0 saturated carbocycles. The number of aliphatic hydroxyl groups is 1. The summed E-state index contributed by atoms with van der Waals surface area (Å²) in [5.41, 5.74) is 22.5. The molecule has 28 nitrogen and oxygen atoms in total. The number of H-pyrrole nitrogens is 2. The average molecular weight is 1370 g/mol. The van der Waals surface area contributed by atoms with Crippen molar-refractivity contribution in [2.45, 2.75) is 147 Å². The van der Waals surface area contributed by atoms with Crippen LogP contribution in [0, 0.1) is 29.6 Å². The molecule has 29 heteroatoms. The van der Waals surface area contributed by atoms with Crippen LogP contribution in [0.25, 0.3) is 21.3 Å². The van der Waals surface area contributed by atoms with E-state index < -0.39 is 133 Å². The molecule has 12 N–H and O–H groups in total. The van der Waals surface area contributed by atoms with E-state index in [1.54, 1.807) is 40.9 Å². The number of amides is 5. The Bertz CT molecular complexity index is 3290. The summed E-state index contributed by atoms with van der Waals surface area (Å²) in [6, 6.07) is 8.22. The summed E-state index contributed by atoms with van der Waals surface area (Å²) in [6.07, 6.45) is 2.38. The van der Waals surface area contributed by atoms with E-state index in [9.17, 15) is 63.0 Å². The summed E-state index contributed by atoms with van der Waals surface area (Å²) in [4.78, 5) is 171. The first-order valence-electron chi connectivity index (χ1n) is 30.5. The van der Waals surface area contributed by atoms with Crippen LogP contribution in [-0.4, -0.2) is 162 Å². The number of para-hydroxylation sites is 1. The van der Waals surface area contributed by atoms with Gasteiger partial charge in [-0.05, 0) is 115 Å². The van der Waals surface area contributed by atoms with Gasteiger partial charge in [-0.2, -0.15) is 0 Å². The molecule has 6 rings (SSSR count). The fourth-order valence-corrected chi connectivity index (χ4v) is 11.6. The number of azide groups is 1. The Hall–Kier alpha value is -8.41. The van der Waals surface area contributed by atoms with Crippen molar-refractivity contribution in [3.05, 3.63) is 94.5 Å².